The maximum atomic E-state index is 15.0. The van der Waals surface area contributed by atoms with E-state index in [9.17, 15) is 48.3 Å². The average molecular weight is 1130 g/mol. The lowest BCUT2D eigenvalue weighted by Crippen LogP contribution is -2.64. The Balaban J connectivity index is 2.64. The fourth-order valence-corrected chi connectivity index (χ4v) is 9.10. The molecular weight excluding hydrogens is 1040 g/mol. The Morgan fingerprint density at radius 2 is 1.36 bits per heavy atom. The van der Waals surface area contributed by atoms with E-state index in [4.69, 9.17) is 22.9 Å². The van der Waals surface area contributed by atoms with E-state index in [2.05, 4.69) is 58.4 Å². The van der Waals surface area contributed by atoms with Crippen molar-refractivity contribution in [3.63, 3.8) is 0 Å². The van der Waals surface area contributed by atoms with Crippen LogP contribution >= 0.6 is 0 Å². The number of rotatable bonds is 29. The van der Waals surface area contributed by atoms with Gasteiger partial charge in [-0.25, -0.2) is 15.5 Å². The van der Waals surface area contributed by atoms with Crippen LogP contribution in [-0.4, -0.2) is 146 Å². The summed E-state index contributed by atoms with van der Waals surface area (Å²) in [6, 6.07) is -8.90. The summed E-state index contributed by atoms with van der Waals surface area (Å²) in [5, 5.41) is 37.5. The number of hydrazine groups is 1. The molecule has 2 heterocycles. The van der Waals surface area contributed by atoms with Crippen LogP contribution in [0.2, 0.25) is 0 Å². The van der Waals surface area contributed by atoms with Crippen LogP contribution in [0.1, 0.15) is 165 Å². The van der Waals surface area contributed by atoms with E-state index in [0.29, 0.717) is 51.5 Å². The molecule has 0 saturated carbocycles. The van der Waals surface area contributed by atoms with Crippen molar-refractivity contribution in [2.75, 3.05) is 13.2 Å². The highest BCUT2D eigenvalue weighted by Gasteiger charge is 2.44. The third kappa shape index (κ3) is 23.6. The van der Waals surface area contributed by atoms with E-state index >= 15 is 4.79 Å². The van der Waals surface area contributed by atoms with Gasteiger partial charge in [0.15, 0.2) is 0 Å². The lowest BCUT2D eigenvalue weighted by molar-refractivity contribution is -0.144. The maximum absolute atomic E-state index is 15.0. The number of unbranched alkanes of at least 4 members (excludes halogenated alkanes) is 1. The van der Waals surface area contributed by atoms with Crippen LogP contribution in [0.4, 0.5) is 0 Å². The lowest BCUT2D eigenvalue weighted by atomic mass is 9.83. The molecule has 0 saturated heterocycles. The number of Topliss-reactive ketones (excluding diaryl/α,β-unsaturated/α-hetero) is 2. The summed E-state index contributed by atoms with van der Waals surface area (Å²) in [5.74, 6) is -8.78. The largest absolute Gasteiger partial charge is 0.394 e. The standard InChI is InChI=1S/C53H96N16O11/c1-11-13-18-36(45(75)63-39(29-70)48(78)60-34(44(55)74)19-15-24-58-51(56)57)66-67-41(32(7)12-2)42(72)43(73)53(10)23-16-25-69-33(28-59-68-69)17-14-22-52(8,9)50(80)64-38(27-31(5)6)47(77)62-37(26-30(3)4)46(76)61-35(49(79)65-53)20-21-40(54)71/h28,30-32,34-39,41,51,58,66-67,70H,11-27,29,56-57H2,1-10H3,(H2,54,71)(H2,55,74)(H,60,78)(H,61,76)(H,62,77)(H,63,75)(H,64,80)(H,65,79)/t32-,34-,35-,36-,37-,38-,39-,41?,53-/m0/s1. The number of carbonyl (C=O) groups is 10. The van der Waals surface area contributed by atoms with Crippen molar-refractivity contribution >= 4 is 58.8 Å². The number of primary amides is 2. The van der Waals surface area contributed by atoms with E-state index in [1.807, 2.05) is 34.6 Å². The summed E-state index contributed by atoms with van der Waals surface area (Å²) in [6.07, 6.45) is 3.90. The minimum absolute atomic E-state index is 0.0401. The normalized spacial score (nSPS) is 21.8. The second kappa shape index (κ2) is 34.3. The van der Waals surface area contributed by atoms with Gasteiger partial charge >= 0.3 is 0 Å². The molecule has 0 aromatic carbocycles. The summed E-state index contributed by atoms with van der Waals surface area (Å²) in [5.41, 5.74) is 25.7. The molecule has 80 heavy (non-hydrogen) atoms. The molecule has 1 aliphatic heterocycles. The number of ketones is 2. The summed E-state index contributed by atoms with van der Waals surface area (Å²) in [4.78, 5) is 139. The van der Waals surface area contributed by atoms with E-state index in [-0.39, 0.29) is 75.7 Å². The Bertz CT molecular complexity index is 2220. The summed E-state index contributed by atoms with van der Waals surface area (Å²) in [6.45, 7) is 17.4. The number of nitrogens with zero attached hydrogens (tertiary/aromatic N) is 3. The van der Waals surface area contributed by atoms with Gasteiger partial charge in [0.1, 0.15) is 42.0 Å². The fraction of sp³-hybridized carbons (Fsp3) is 0.774. The van der Waals surface area contributed by atoms with Crippen LogP contribution in [0.3, 0.4) is 0 Å². The predicted molar refractivity (Wildman–Crippen MR) is 298 cm³/mol. The molecule has 1 unspecified atom stereocenters. The third-order valence-electron chi connectivity index (χ3n) is 14.3. The van der Waals surface area contributed by atoms with Crippen molar-refractivity contribution in [3.8, 4) is 0 Å². The zero-order valence-electron chi connectivity index (χ0n) is 48.8. The second-order valence-corrected chi connectivity index (χ2v) is 22.9. The lowest BCUT2D eigenvalue weighted by Gasteiger charge is -2.34. The monoisotopic (exact) mass is 1130 g/mol. The zero-order valence-corrected chi connectivity index (χ0v) is 48.8. The van der Waals surface area contributed by atoms with Gasteiger partial charge in [-0.3, -0.25) is 53.3 Å². The Morgan fingerprint density at radius 1 is 0.775 bits per heavy atom. The van der Waals surface area contributed by atoms with Gasteiger partial charge in [-0.1, -0.05) is 86.8 Å². The molecule has 0 spiro atoms. The third-order valence-corrected chi connectivity index (χ3v) is 14.3. The van der Waals surface area contributed by atoms with E-state index in [1.54, 1.807) is 38.6 Å². The van der Waals surface area contributed by atoms with Gasteiger partial charge in [0, 0.05) is 18.4 Å². The average Bonchev–Trinajstić information content (AvgIpc) is 3.83. The van der Waals surface area contributed by atoms with Gasteiger partial charge < -0.3 is 59.9 Å². The second-order valence-electron chi connectivity index (χ2n) is 22.9. The first-order valence-corrected chi connectivity index (χ1v) is 28.2. The molecule has 27 nitrogen and oxygen atoms in total. The number of fused-ring (bicyclic) bond motifs is 1. The number of amides is 8. The number of aromatic nitrogens is 3. The number of carbonyl (C=O) groups excluding carboxylic acids is 10. The summed E-state index contributed by atoms with van der Waals surface area (Å²) < 4.78 is 1.63. The van der Waals surface area contributed by atoms with Crippen molar-refractivity contribution in [2.45, 2.75) is 226 Å². The van der Waals surface area contributed by atoms with Gasteiger partial charge in [-0.15, -0.1) is 5.10 Å². The molecular formula is C53H96N16O11. The van der Waals surface area contributed by atoms with Crippen LogP contribution in [-0.2, 0) is 60.9 Å². The molecule has 454 valence electrons. The van der Waals surface area contributed by atoms with Gasteiger partial charge in [-0.2, -0.15) is 0 Å². The van der Waals surface area contributed by atoms with E-state index < -0.39 is 125 Å². The number of hydrogen-bond acceptors (Lipinski definition) is 18. The van der Waals surface area contributed by atoms with Crippen molar-refractivity contribution in [1.82, 2.24) is 63.1 Å². The molecule has 18 N–H and O–H groups in total. The van der Waals surface area contributed by atoms with Gasteiger partial charge in [-0.05, 0) is 102 Å². The smallest absolute Gasteiger partial charge is 0.245 e. The van der Waals surface area contributed by atoms with Crippen molar-refractivity contribution < 1.29 is 53.1 Å². The van der Waals surface area contributed by atoms with Crippen LogP contribution in [0, 0.1) is 23.2 Å². The zero-order chi connectivity index (χ0) is 60.5. The Hall–Kier alpha value is -6.00. The molecule has 27 heteroatoms. The van der Waals surface area contributed by atoms with E-state index in [0.717, 1.165) is 5.69 Å². The number of aliphatic hydroxyl groups is 1. The highest BCUT2D eigenvalue weighted by Crippen LogP contribution is 2.26. The number of nitrogens with two attached hydrogens (primary N) is 4. The first-order valence-electron chi connectivity index (χ1n) is 28.2. The van der Waals surface area contributed by atoms with Crippen LogP contribution in [0.15, 0.2) is 6.20 Å². The number of nitrogens with one attached hydrogen (secondary N) is 9. The Kier molecular flexibility index (Phi) is 30.1. The molecule has 0 bridgehead atoms. The Morgan fingerprint density at radius 3 is 1.93 bits per heavy atom. The van der Waals surface area contributed by atoms with Crippen LogP contribution < -0.4 is 71.0 Å². The molecule has 1 aliphatic rings. The molecule has 1 aromatic rings. The minimum Gasteiger partial charge on any atom is -0.394 e. The topological polar surface area (TPSA) is 434 Å². The molecule has 2 rings (SSSR count). The first kappa shape index (κ1) is 70.1. The minimum atomic E-state index is -1.99. The SMILES string of the molecule is CCCC[C@H](NNC(C(=O)C(=O)[C@]1(C)CCCn2nncc2CCCC(C)(C)C(=O)N[C@@H](CC(C)C)C(=O)N[C@@H](CC(C)C)C(=O)N[C@@H](CCC(N)=O)C(=O)N1)[C@@H](C)CC)C(=O)N[C@@H](CO)C(=O)N[C@@H](CCCNC(N)N)C(N)=O. The molecule has 0 aliphatic carbocycles. The van der Waals surface area contributed by atoms with Gasteiger partial charge in [0.25, 0.3) is 0 Å². The highest BCUT2D eigenvalue weighted by molar-refractivity contribution is 6.42. The molecule has 1 aromatic heterocycles. The molecule has 0 radical (unpaired) electrons. The van der Waals surface area contributed by atoms with Crippen LogP contribution in [0.5, 0.6) is 0 Å². The molecule has 0 fully saturated rings. The van der Waals surface area contributed by atoms with E-state index in [1.165, 1.54) is 6.92 Å². The first-order chi connectivity index (χ1) is 37.5. The fourth-order valence-electron chi connectivity index (χ4n) is 9.10. The number of hydrogen-bond donors (Lipinski definition) is 14. The van der Waals surface area contributed by atoms with Gasteiger partial charge in [0.05, 0.1) is 30.6 Å². The van der Waals surface area contributed by atoms with Gasteiger partial charge in [0.2, 0.25) is 58.8 Å². The number of aliphatic hydroxyl groups excluding tert-OH is 1. The molecule has 8 amide bonds. The van der Waals surface area contributed by atoms with Crippen molar-refractivity contribution in [2.24, 2.45) is 46.1 Å². The summed E-state index contributed by atoms with van der Waals surface area (Å²) in [7, 11) is 0. The Labute approximate surface area is 471 Å². The van der Waals surface area contributed by atoms with Crippen molar-refractivity contribution in [1.29, 1.82) is 0 Å². The maximum Gasteiger partial charge on any atom is 0.245 e. The van der Waals surface area contributed by atoms with Crippen LogP contribution in [0.25, 0.3) is 0 Å². The number of aryl methyl sites for hydroxylation is 2. The summed E-state index contributed by atoms with van der Waals surface area (Å²) >= 11 is 0. The highest BCUT2D eigenvalue weighted by atomic mass is 16.3. The molecule has 9 atom stereocenters. The quantitative estimate of drug-likeness (QED) is 0.0185. The van der Waals surface area contributed by atoms with Crippen molar-refractivity contribution in [3.05, 3.63) is 11.9 Å². The predicted octanol–water partition coefficient (Wildman–Crippen LogP) is -1.67.